The van der Waals surface area contributed by atoms with Gasteiger partial charge in [-0.3, -0.25) is 0 Å². The lowest BCUT2D eigenvalue weighted by Crippen LogP contribution is -2.40. The van der Waals surface area contributed by atoms with Crippen LogP contribution in [0.2, 0.25) is 0 Å². The minimum absolute atomic E-state index is 0.350. The molecule has 0 saturated heterocycles. The van der Waals surface area contributed by atoms with Crippen molar-refractivity contribution in [3.05, 3.63) is 34.3 Å². The van der Waals surface area contributed by atoms with Gasteiger partial charge in [-0.1, -0.05) is 28.1 Å². The van der Waals surface area contributed by atoms with E-state index in [1.165, 1.54) is 8.61 Å². The highest BCUT2D eigenvalue weighted by Gasteiger charge is 2.22. The van der Waals surface area contributed by atoms with E-state index in [2.05, 4.69) is 15.9 Å². The summed E-state index contributed by atoms with van der Waals surface area (Å²) in [6.45, 7) is 1.27. The SMILES string of the molecule is CN(CCCN)S(=O)(=O)N(C)Cc1ccc(Br)cc1. The Kier molecular flexibility index (Phi) is 6.41. The van der Waals surface area contributed by atoms with Gasteiger partial charge >= 0.3 is 0 Å². The number of benzene rings is 1. The maximum atomic E-state index is 12.2. The van der Waals surface area contributed by atoms with Crippen LogP contribution in [0.3, 0.4) is 0 Å². The van der Waals surface area contributed by atoms with Crippen molar-refractivity contribution in [1.82, 2.24) is 8.61 Å². The summed E-state index contributed by atoms with van der Waals surface area (Å²) >= 11 is 3.35. The molecule has 0 unspecified atom stereocenters. The Labute approximate surface area is 123 Å². The second kappa shape index (κ2) is 7.35. The predicted molar refractivity (Wildman–Crippen MR) is 80.8 cm³/mol. The zero-order valence-corrected chi connectivity index (χ0v) is 13.6. The van der Waals surface area contributed by atoms with Gasteiger partial charge in [-0.25, -0.2) is 0 Å². The van der Waals surface area contributed by atoms with E-state index in [4.69, 9.17) is 5.73 Å². The molecule has 7 heteroatoms. The molecule has 0 atom stereocenters. The van der Waals surface area contributed by atoms with Gasteiger partial charge in [0.05, 0.1) is 0 Å². The predicted octanol–water partition coefficient (Wildman–Crippen LogP) is 1.41. The van der Waals surface area contributed by atoms with Gasteiger partial charge < -0.3 is 5.73 Å². The largest absolute Gasteiger partial charge is 0.330 e. The molecular formula is C12H20BrN3O2S. The Balaban J connectivity index is 2.70. The molecule has 0 radical (unpaired) electrons. The number of hydrogen-bond acceptors (Lipinski definition) is 3. The van der Waals surface area contributed by atoms with Crippen molar-refractivity contribution in [2.24, 2.45) is 5.73 Å². The van der Waals surface area contributed by atoms with Crippen LogP contribution in [0.4, 0.5) is 0 Å². The first-order chi connectivity index (χ1) is 8.87. The molecule has 1 aromatic rings. The first-order valence-electron chi connectivity index (χ1n) is 6.00. The number of nitrogens with two attached hydrogens (primary N) is 1. The van der Waals surface area contributed by atoms with Crippen LogP contribution in [0.5, 0.6) is 0 Å². The topological polar surface area (TPSA) is 66.6 Å². The fraction of sp³-hybridized carbons (Fsp3) is 0.500. The number of nitrogens with zero attached hydrogens (tertiary/aromatic N) is 2. The van der Waals surface area contributed by atoms with E-state index in [1.807, 2.05) is 24.3 Å². The lowest BCUT2D eigenvalue weighted by molar-refractivity contribution is 0.387. The molecule has 0 aliphatic carbocycles. The minimum atomic E-state index is -3.42. The van der Waals surface area contributed by atoms with Gasteiger partial charge in [-0.15, -0.1) is 0 Å². The average Bonchev–Trinajstić information content (AvgIpc) is 2.38. The van der Waals surface area contributed by atoms with Crippen LogP contribution in [0.1, 0.15) is 12.0 Å². The molecule has 0 saturated carbocycles. The monoisotopic (exact) mass is 349 g/mol. The van der Waals surface area contributed by atoms with Crippen LogP contribution in [0, 0.1) is 0 Å². The van der Waals surface area contributed by atoms with Crippen LogP contribution in [0.25, 0.3) is 0 Å². The van der Waals surface area contributed by atoms with Crippen molar-refractivity contribution in [2.75, 3.05) is 27.2 Å². The van der Waals surface area contributed by atoms with Crippen molar-refractivity contribution in [3.8, 4) is 0 Å². The molecule has 0 bridgehead atoms. The van der Waals surface area contributed by atoms with Crippen LogP contribution >= 0.6 is 15.9 Å². The van der Waals surface area contributed by atoms with Crippen LogP contribution in [0.15, 0.2) is 28.7 Å². The molecule has 0 heterocycles. The third kappa shape index (κ3) is 4.85. The van der Waals surface area contributed by atoms with Gasteiger partial charge in [-0.05, 0) is 30.7 Å². The molecule has 0 amide bonds. The van der Waals surface area contributed by atoms with Crippen LogP contribution < -0.4 is 5.73 Å². The van der Waals surface area contributed by atoms with Crippen molar-refractivity contribution in [3.63, 3.8) is 0 Å². The Bertz CT molecular complexity index is 490. The van der Waals surface area contributed by atoms with Gasteiger partial charge in [-0.2, -0.15) is 17.0 Å². The highest BCUT2D eigenvalue weighted by molar-refractivity contribution is 9.10. The zero-order valence-electron chi connectivity index (χ0n) is 11.2. The zero-order chi connectivity index (χ0) is 14.5. The number of rotatable bonds is 7. The summed E-state index contributed by atoms with van der Waals surface area (Å²) in [6.07, 6.45) is 0.655. The van der Waals surface area contributed by atoms with Crippen molar-refractivity contribution in [2.45, 2.75) is 13.0 Å². The minimum Gasteiger partial charge on any atom is -0.330 e. The summed E-state index contributed by atoms with van der Waals surface area (Å²) in [5, 5.41) is 0. The molecule has 2 N–H and O–H groups in total. The third-order valence-electron chi connectivity index (χ3n) is 2.78. The highest BCUT2D eigenvalue weighted by atomic mass is 79.9. The third-order valence-corrected chi connectivity index (χ3v) is 5.20. The van der Waals surface area contributed by atoms with Crippen molar-refractivity contribution in [1.29, 1.82) is 0 Å². The maximum absolute atomic E-state index is 12.2. The Morgan fingerprint density at radius 2 is 1.74 bits per heavy atom. The Morgan fingerprint density at radius 1 is 1.16 bits per heavy atom. The maximum Gasteiger partial charge on any atom is 0.281 e. The van der Waals surface area contributed by atoms with Gasteiger partial charge in [0, 0.05) is 31.7 Å². The summed E-state index contributed by atoms with van der Waals surface area (Å²) in [7, 11) is -0.268. The van der Waals surface area contributed by atoms with E-state index in [9.17, 15) is 8.42 Å². The molecule has 19 heavy (non-hydrogen) atoms. The summed E-state index contributed by atoms with van der Waals surface area (Å²) in [5.41, 5.74) is 6.34. The molecule has 0 fully saturated rings. The summed E-state index contributed by atoms with van der Waals surface area (Å²) in [5.74, 6) is 0. The smallest absolute Gasteiger partial charge is 0.281 e. The summed E-state index contributed by atoms with van der Waals surface area (Å²) < 4.78 is 28.1. The summed E-state index contributed by atoms with van der Waals surface area (Å²) in [6, 6.07) is 7.59. The van der Waals surface area contributed by atoms with E-state index in [-0.39, 0.29) is 0 Å². The number of hydrogen-bond donors (Lipinski definition) is 1. The van der Waals surface area contributed by atoms with Crippen molar-refractivity contribution < 1.29 is 8.42 Å². The molecule has 1 aromatic carbocycles. The standard InChI is InChI=1S/C12H20BrN3O2S/c1-15(9-3-8-14)19(17,18)16(2)10-11-4-6-12(13)7-5-11/h4-7H,3,8-10,14H2,1-2H3. The average molecular weight is 350 g/mol. The lowest BCUT2D eigenvalue weighted by Gasteiger charge is -2.24. The van der Waals surface area contributed by atoms with E-state index < -0.39 is 10.2 Å². The first-order valence-corrected chi connectivity index (χ1v) is 8.19. The second-order valence-corrected chi connectivity index (χ2v) is 7.41. The van der Waals surface area contributed by atoms with Gasteiger partial charge in [0.2, 0.25) is 0 Å². The van der Waals surface area contributed by atoms with Crippen LogP contribution in [-0.2, 0) is 16.8 Å². The summed E-state index contributed by atoms with van der Waals surface area (Å²) in [4.78, 5) is 0. The second-order valence-electron chi connectivity index (χ2n) is 4.35. The molecular weight excluding hydrogens is 330 g/mol. The molecule has 5 nitrogen and oxygen atoms in total. The molecule has 0 aliphatic rings. The molecule has 1 rings (SSSR count). The van der Waals surface area contributed by atoms with Crippen molar-refractivity contribution >= 4 is 26.1 Å². The van der Waals surface area contributed by atoms with Gasteiger partial charge in [0.15, 0.2) is 0 Å². The highest BCUT2D eigenvalue weighted by Crippen LogP contribution is 2.14. The Hall–Kier alpha value is -0.470. The van der Waals surface area contributed by atoms with Crippen LogP contribution in [-0.4, -0.2) is 44.2 Å². The number of halogens is 1. The molecule has 0 aromatic heterocycles. The van der Waals surface area contributed by atoms with E-state index in [0.29, 0.717) is 26.1 Å². The van der Waals surface area contributed by atoms with E-state index in [1.54, 1.807) is 14.1 Å². The first kappa shape index (κ1) is 16.6. The van der Waals surface area contributed by atoms with E-state index >= 15 is 0 Å². The van der Waals surface area contributed by atoms with Gasteiger partial charge in [0.1, 0.15) is 0 Å². The molecule has 108 valence electrons. The molecule has 0 spiro atoms. The fourth-order valence-corrected chi connectivity index (χ4v) is 3.01. The fourth-order valence-electron chi connectivity index (χ4n) is 1.60. The molecule has 0 aliphatic heterocycles. The normalized spacial score (nSPS) is 12.3. The Morgan fingerprint density at radius 3 is 2.26 bits per heavy atom. The lowest BCUT2D eigenvalue weighted by atomic mass is 10.2. The quantitative estimate of drug-likeness (QED) is 0.809. The van der Waals surface area contributed by atoms with Gasteiger partial charge in [0.25, 0.3) is 10.2 Å². The van der Waals surface area contributed by atoms with E-state index in [0.717, 1.165) is 10.0 Å².